The van der Waals surface area contributed by atoms with Gasteiger partial charge in [0.25, 0.3) is 0 Å². The molecule has 1 aliphatic rings. The highest BCUT2D eigenvalue weighted by molar-refractivity contribution is 5.38. The van der Waals surface area contributed by atoms with Gasteiger partial charge in [0, 0.05) is 36.8 Å². The maximum Gasteiger partial charge on any atom is 0.123 e. The number of likely N-dealkylation sites (tertiary alicyclic amines) is 1. The summed E-state index contributed by atoms with van der Waals surface area (Å²) in [6.07, 6.45) is 2.23. The minimum Gasteiger partial charge on any atom is -0.508 e. The van der Waals surface area contributed by atoms with Crippen LogP contribution < -0.4 is 5.32 Å². The van der Waals surface area contributed by atoms with Crippen LogP contribution in [-0.4, -0.2) is 40.8 Å². The molecule has 0 atom stereocenters. The third kappa shape index (κ3) is 2.94. The van der Waals surface area contributed by atoms with Crippen LogP contribution in [0, 0.1) is 0 Å². The Kier molecular flexibility index (Phi) is 3.78. The molecule has 0 saturated carbocycles. The van der Waals surface area contributed by atoms with Gasteiger partial charge in [0.05, 0.1) is 0 Å². The van der Waals surface area contributed by atoms with E-state index in [1.54, 1.807) is 12.1 Å². The molecule has 2 rings (SSSR count). The summed E-state index contributed by atoms with van der Waals surface area (Å²) < 4.78 is 0. The average Bonchev–Trinajstić information content (AvgIpc) is 2.36. The summed E-state index contributed by atoms with van der Waals surface area (Å²) in [6, 6.07) is 4.81. The van der Waals surface area contributed by atoms with E-state index in [9.17, 15) is 10.2 Å². The van der Waals surface area contributed by atoms with Crippen LogP contribution in [-0.2, 0) is 6.54 Å². The maximum atomic E-state index is 9.77. The largest absolute Gasteiger partial charge is 0.508 e. The van der Waals surface area contributed by atoms with Crippen molar-refractivity contribution in [3.05, 3.63) is 23.8 Å². The van der Waals surface area contributed by atoms with Crippen LogP contribution in [0.5, 0.6) is 11.5 Å². The van der Waals surface area contributed by atoms with E-state index in [0.29, 0.717) is 0 Å². The summed E-state index contributed by atoms with van der Waals surface area (Å²) in [6.45, 7) is 5.05. The Balaban J connectivity index is 1.95. The van der Waals surface area contributed by atoms with Gasteiger partial charge in [-0.1, -0.05) is 6.07 Å². The van der Waals surface area contributed by atoms with Crippen LogP contribution in [0.4, 0.5) is 0 Å². The molecular weight excluding hydrogens is 228 g/mol. The Morgan fingerprint density at radius 1 is 1.28 bits per heavy atom. The number of aromatic hydroxyl groups is 2. The predicted octanol–water partition coefficient (Wildman–Crippen LogP) is 1.67. The lowest BCUT2D eigenvalue weighted by Gasteiger charge is -2.39. The Bertz CT molecular complexity index is 412. The number of phenols is 2. The first kappa shape index (κ1) is 13.2. The van der Waals surface area contributed by atoms with Crippen molar-refractivity contribution in [2.75, 3.05) is 20.1 Å². The summed E-state index contributed by atoms with van der Waals surface area (Å²) in [4.78, 5) is 2.34. The lowest BCUT2D eigenvalue weighted by molar-refractivity contribution is 0.145. The normalized spacial score (nSPS) is 19.9. The molecule has 0 amide bonds. The van der Waals surface area contributed by atoms with Crippen LogP contribution in [0.1, 0.15) is 25.3 Å². The number of nitrogens with one attached hydrogen (secondary N) is 1. The van der Waals surface area contributed by atoms with Gasteiger partial charge in [0.2, 0.25) is 0 Å². The Morgan fingerprint density at radius 2 is 1.94 bits per heavy atom. The highest BCUT2D eigenvalue weighted by Crippen LogP contribution is 2.27. The molecule has 100 valence electrons. The van der Waals surface area contributed by atoms with Crippen molar-refractivity contribution in [3.63, 3.8) is 0 Å². The highest BCUT2D eigenvalue weighted by atomic mass is 16.3. The van der Waals surface area contributed by atoms with Crippen LogP contribution in [0.2, 0.25) is 0 Å². The summed E-state index contributed by atoms with van der Waals surface area (Å²) in [5.41, 5.74) is 1.12. The molecule has 3 N–H and O–H groups in total. The van der Waals surface area contributed by atoms with Gasteiger partial charge >= 0.3 is 0 Å². The Hall–Kier alpha value is -1.26. The molecule has 18 heavy (non-hydrogen) atoms. The summed E-state index contributed by atoms with van der Waals surface area (Å²) in [5.74, 6) is 0.287. The summed E-state index contributed by atoms with van der Waals surface area (Å²) >= 11 is 0. The van der Waals surface area contributed by atoms with Crippen molar-refractivity contribution in [1.29, 1.82) is 0 Å². The predicted molar refractivity (Wildman–Crippen MR) is 71.7 cm³/mol. The van der Waals surface area contributed by atoms with Gasteiger partial charge in [0.15, 0.2) is 0 Å². The smallest absolute Gasteiger partial charge is 0.123 e. The van der Waals surface area contributed by atoms with Gasteiger partial charge < -0.3 is 15.5 Å². The first-order valence-electron chi connectivity index (χ1n) is 6.44. The molecule has 1 aromatic carbocycles. The van der Waals surface area contributed by atoms with Crippen LogP contribution >= 0.6 is 0 Å². The fourth-order valence-corrected chi connectivity index (χ4v) is 2.38. The standard InChI is InChI=1S/C14H22N2O2/c1-14(15-2)5-7-16(8-6-14)10-11-3-4-12(17)9-13(11)18/h3-4,9,15,17-18H,5-8,10H2,1-2H3. The number of hydrogen-bond donors (Lipinski definition) is 3. The van der Waals surface area contributed by atoms with Crippen molar-refractivity contribution < 1.29 is 10.2 Å². The van der Waals surface area contributed by atoms with E-state index < -0.39 is 0 Å². The van der Waals surface area contributed by atoms with Crippen LogP contribution in [0.3, 0.4) is 0 Å². The molecule has 4 nitrogen and oxygen atoms in total. The van der Waals surface area contributed by atoms with Crippen LogP contribution in [0.15, 0.2) is 18.2 Å². The number of benzene rings is 1. The molecule has 0 radical (unpaired) electrons. The van der Waals surface area contributed by atoms with Crippen molar-refractivity contribution >= 4 is 0 Å². The zero-order valence-electron chi connectivity index (χ0n) is 11.1. The molecule has 1 aliphatic heterocycles. The molecule has 1 heterocycles. The zero-order chi connectivity index (χ0) is 13.2. The molecule has 4 heteroatoms. The molecule has 0 aromatic heterocycles. The van der Waals surface area contributed by atoms with E-state index in [1.807, 2.05) is 7.05 Å². The van der Waals surface area contributed by atoms with Gasteiger partial charge in [-0.2, -0.15) is 0 Å². The third-order valence-corrected chi connectivity index (χ3v) is 4.03. The SMILES string of the molecule is CNC1(C)CCN(Cc2ccc(O)cc2O)CC1. The Morgan fingerprint density at radius 3 is 2.50 bits per heavy atom. The maximum absolute atomic E-state index is 9.77. The van der Waals surface area contributed by atoms with Crippen LogP contribution in [0.25, 0.3) is 0 Å². The molecule has 0 spiro atoms. The summed E-state index contributed by atoms with van der Waals surface area (Å²) in [7, 11) is 2.02. The minimum absolute atomic E-state index is 0.109. The second-order valence-electron chi connectivity index (χ2n) is 5.40. The topological polar surface area (TPSA) is 55.7 Å². The third-order valence-electron chi connectivity index (χ3n) is 4.03. The molecule has 1 saturated heterocycles. The number of phenolic OH excluding ortho intramolecular Hbond substituents is 2. The van der Waals surface area contributed by atoms with E-state index in [-0.39, 0.29) is 17.0 Å². The Labute approximate surface area is 108 Å². The van der Waals surface area contributed by atoms with Gasteiger partial charge in [-0.25, -0.2) is 0 Å². The van der Waals surface area contributed by atoms with E-state index >= 15 is 0 Å². The number of rotatable bonds is 3. The van der Waals surface area contributed by atoms with E-state index in [0.717, 1.165) is 38.0 Å². The van der Waals surface area contributed by atoms with Crippen molar-refractivity contribution in [2.45, 2.75) is 31.8 Å². The van der Waals surface area contributed by atoms with Crippen molar-refractivity contribution in [3.8, 4) is 11.5 Å². The van der Waals surface area contributed by atoms with Crippen molar-refractivity contribution in [1.82, 2.24) is 10.2 Å². The average molecular weight is 250 g/mol. The lowest BCUT2D eigenvalue weighted by Crippen LogP contribution is -2.49. The first-order valence-corrected chi connectivity index (χ1v) is 6.44. The van der Waals surface area contributed by atoms with E-state index in [2.05, 4.69) is 17.1 Å². The molecule has 0 bridgehead atoms. The minimum atomic E-state index is 0.109. The number of piperidine rings is 1. The van der Waals surface area contributed by atoms with Gasteiger partial charge in [-0.05, 0) is 32.9 Å². The molecule has 0 aliphatic carbocycles. The second-order valence-corrected chi connectivity index (χ2v) is 5.40. The monoisotopic (exact) mass is 250 g/mol. The molecule has 0 unspecified atom stereocenters. The van der Waals surface area contributed by atoms with E-state index in [4.69, 9.17) is 0 Å². The van der Waals surface area contributed by atoms with Gasteiger partial charge in [0.1, 0.15) is 11.5 Å². The molecule has 1 fully saturated rings. The molecular formula is C14H22N2O2. The van der Waals surface area contributed by atoms with Gasteiger partial charge in [-0.3, -0.25) is 4.90 Å². The number of hydrogen-bond acceptors (Lipinski definition) is 4. The fourth-order valence-electron chi connectivity index (χ4n) is 2.38. The second kappa shape index (κ2) is 5.16. The number of nitrogens with zero attached hydrogens (tertiary/aromatic N) is 1. The lowest BCUT2D eigenvalue weighted by atomic mass is 9.90. The fraction of sp³-hybridized carbons (Fsp3) is 0.571. The zero-order valence-corrected chi connectivity index (χ0v) is 11.1. The summed E-state index contributed by atoms with van der Waals surface area (Å²) in [5, 5.41) is 22.4. The molecule has 1 aromatic rings. The highest BCUT2D eigenvalue weighted by Gasteiger charge is 2.28. The quantitative estimate of drug-likeness (QED) is 0.764. The van der Waals surface area contributed by atoms with E-state index in [1.165, 1.54) is 6.07 Å². The first-order chi connectivity index (χ1) is 8.52. The van der Waals surface area contributed by atoms with Gasteiger partial charge in [-0.15, -0.1) is 0 Å². The van der Waals surface area contributed by atoms with Crippen molar-refractivity contribution in [2.24, 2.45) is 0 Å².